The first-order valence-electron chi connectivity index (χ1n) is 8.58. The van der Waals surface area contributed by atoms with Crippen molar-refractivity contribution in [1.82, 2.24) is 9.80 Å². The molecule has 2 rings (SSSR count). The summed E-state index contributed by atoms with van der Waals surface area (Å²) in [6.45, 7) is 8.29. The van der Waals surface area contributed by atoms with Gasteiger partial charge < -0.3 is 19.4 Å². The normalized spacial score (nSPS) is 15.1. The van der Waals surface area contributed by atoms with Gasteiger partial charge in [-0.15, -0.1) is 0 Å². The van der Waals surface area contributed by atoms with Gasteiger partial charge in [0.15, 0.2) is 0 Å². The number of benzene rings is 1. The fraction of sp³-hybridized carbons (Fsp3) is 0.556. The first-order chi connectivity index (χ1) is 12.0. The van der Waals surface area contributed by atoms with Crippen LogP contribution in [0.1, 0.15) is 20.3 Å². The monoisotopic (exact) mass is 367 g/mol. The molecule has 0 spiro atoms. The highest BCUT2D eigenvalue weighted by molar-refractivity contribution is 6.32. The molecular formula is C18H26ClN3O3. The second-order valence-electron chi connectivity index (χ2n) is 6.05. The highest BCUT2D eigenvalue weighted by Gasteiger charge is 2.21. The van der Waals surface area contributed by atoms with E-state index in [4.69, 9.17) is 16.3 Å². The van der Waals surface area contributed by atoms with Crippen LogP contribution in [0.2, 0.25) is 5.02 Å². The van der Waals surface area contributed by atoms with Crippen LogP contribution < -0.4 is 9.64 Å². The van der Waals surface area contributed by atoms with Crippen molar-refractivity contribution in [2.45, 2.75) is 20.3 Å². The van der Waals surface area contributed by atoms with Gasteiger partial charge in [-0.1, -0.05) is 18.5 Å². The third-order valence-corrected chi connectivity index (χ3v) is 4.84. The zero-order chi connectivity index (χ0) is 18.4. The van der Waals surface area contributed by atoms with Crippen LogP contribution in [0.25, 0.3) is 0 Å². The summed E-state index contributed by atoms with van der Waals surface area (Å²) in [4.78, 5) is 30.2. The van der Waals surface area contributed by atoms with Gasteiger partial charge in [-0.3, -0.25) is 9.59 Å². The Morgan fingerprint density at radius 3 is 2.44 bits per heavy atom. The van der Waals surface area contributed by atoms with Crippen LogP contribution in [0.15, 0.2) is 18.2 Å². The molecule has 7 heteroatoms. The minimum absolute atomic E-state index is 0.0848. The van der Waals surface area contributed by atoms with Gasteiger partial charge in [0, 0.05) is 51.8 Å². The number of halogens is 1. The Hall–Kier alpha value is -1.79. The van der Waals surface area contributed by atoms with E-state index in [1.165, 1.54) is 6.92 Å². The van der Waals surface area contributed by atoms with Gasteiger partial charge in [-0.25, -0.2) is 0 Å². The van der Waals surface area contributed by atoms with Crippen LogP contribution in [0.4, 0.5) is 5.69 Å². The molecule has 1 aromatic rings. The van der Waals surface area contributed by atoms with E-state index < -0.39 is 0 Å². The molecule has 1 heterocycles. The van der Waals surface area contributed by atoms with E-state index in [0.29, 0.717) is 29.4 Å². The summed E-state index contributed by atoms with van der Waals surface area (Å²) in [5, 5.41) is 0.438. The maximum Gasteiger partial charge on any atom is 0.224 e. The van der Waals surface area contributed by atoms with Gasteiger partial charge in [-0.05, 0) is 24.7 Å². The third kappa shape index (κ3) is 5.09. The average Bonchev–Trinajstić information content (AvgIpc) is 2.61. The number of amides is 2. The number of carbonyl (C=O) groups is 2. The molecule has 0 saturated carbocycles. The van der Waals surface area contributed by atoms with Gasteiger partial charge in [0.2, 0.25) is 11.8 Å². The van der Waals surface area contributed by atoms with Crippen LogP contribution in [0, 0.1) is 0 Å². The molecule has 25 heavy (non-hydrogen) atoms. The Labute approximate surface area is 154 Å². The number of hydrogen-bond acceptors (Lipinski definition) is 4. The summed E-state index contributed by atoms with van der Waals surface area (Å²) in [6.07, 6.45) is 0.301. The van der Waals surface area contributed by atoms with Crippen molar-refractivity contribution in [3.8, 4) is 5.75 Å². The molecular weight excluding hydrogens is 342 g/mol. The van der Waals surface area contributed by atoms with E-state index in [9.17, 15) is 9.59 Å². The molecule has 0 N–H and O–H groups in total. The van der Waals surface area contributed by atoms with Crippen molar-refractivity contribution in [1.29, 1.82) is 0 Å². The molecule has 0 bridgehead atoms. The molecule has 0 radical (unpaired) electrons. The Kier molecular flexibility index (Phi) is 7.08. The number of methoxy groups -OCH3 is 1. The number of piperazine rings is 1. The van der Waals surface area contributed by atoms with Crippen molar-refractivity contribution in [3.05, 3.63) is 23.2 Å². The Balaban J connectivity index is 1.97. The summed E-state index contributed by atoms with van der Waals surface area (Å²) >= 11 is 6.15. The molecule has 1 aliphatic heterocycles. The average molecular weight is 368 g/mol. The molecule has 2 amide bonds. The summed E-state index contributed by atoms with van der Waals surface area (Å²) in [6, 6.07) is 5.18. The van der Waals surface area contributed by atoms with Crippen molar-refractivity contribution >= 4 is 29.1 Å². The van der Waals surface area contributed by atoms with Gasteiger partial charge >= 0.3 is 0 Å². The van der Waals surface area contributed by atoms with Gasteiger partial charge in [0.25, 0.3) is 0 Å². The summed E-state index contributed by atoms with van der Waals surface area (Å²) in [7, 11) is 1.54. The fourth-order valence-corrected chi connectivity index (χ4v) is 3.22. The van der Waals surface area contributed by atoms with E-state index in [1.807, 2.05) is 4.90 Å². The Morgan fingerprint density at radius 1 is 1.24 bits per heavy atom. The predicted molar refractivity (Wildman–Crippen MR) is 99.3 cm³/mol. The molecule has 6 nitrogen and oxygen atoms in total. The number of hydrogen-bond donors (Lipinski definition) is 0. The molecule has 1 aliphatic rings. The summed E-state index contributed by atoms with van der Waals surface area (Å²) in [5.74, 6) is 0.519. The Bertz CT molecular complexity index is 616. The van der Waals surface area contributed by atoms with E-state index in [2.05, 4.69) is 11.8 Å². The smallest absolute Gasteiger partial charge is 0.224 e. The number of carbonyl (C=O) groups excluding carboxylic acids is 2. The topological polar surface area (TPSA) is 53.1 Å². The van der Waals surface area contributed by atoms with E-state index in [1.54, 1.807) is 30.2 Å². The zero-order valence-corrected chi connectivity index (χ0v) is 15.9. The first kappa shape index (κ1) is 19.5. The highest BCUT2D eigenvalue weighted by atomic mass is 35.5. The fourth-order valence-electron chi connectivity index (χ4n) is 2.97. The number of anilines is 1. The van der Waals surface area contributed by atoms with Crippen LogP contribution in [0.5, 0.6) is 5.75 Å². The van der Waals surface area contributed by atoms with Crippen molar-refractivity contribution in [2.24, 2.45) is 0 Å². The number of ether oxygens (including phenoxy) is 1. The van der Waals surface area contributed by atoms with Gasteiger partial charge in [0.1, 0.15) is 5.75 Å². The van der Waals surface area contributed by atoms with Gasteiger partial charge in [0.05, 0.1) is 12.1 Å². The number of nitrogens with zero attached hydrogens (tertiary/aromatic N) is 3. The molecule has 0 unspecified atom stereocenters. The SMILES string of the molecule is CCN1CCN(C(=O)CCN(C(C)=O)c2ccc(OC)c(Cl)c2)CC1. The van der Waals surface area contributed by atoms with Crippen LogP contribution in [-0.2, 0) is 9.59 Å². The second-order valence-corrected chi connectivity index (χ2v) is 6.46. The largest absolute Gasteiger partial charge is 0.495 e. The maximum absolute atomic E-state index is 12.4. The Morgan fingerprint density at radius 2 is 1.92 bits per heavy atom. The number of rotatable bonds is 6. The quantitative estimate of drug-likeness (QED) is 0.774. The van der Waals surface area contributed by atoms with E-state index >= 15 is 0 Å². The molecule has 0 aromatic heterocycles. The molecule has 0 aliphatic carbocycles. The zero-order valence-electron chi connectivity index (χ0n) is 15.1. The summed E-state index contributed by atoms with van der Waals surface area (Å²) in [5.41, 5.74) is 0.668. The molecule has 1 aromatic carbocycles. The lowest BCUT2D eigenvalue weighted by atomic mass is 10.2. The highest BCUT2D eigenvalue weighted by Crippen LogP contribution is 2.29. The van der Waals surface area contributed by atoms with E-state index in [0.717, 1.165) is 32.7 Å². The van der Waals surface area contributed by atoms with Crippen LogP contribution >= 0.6 is 11.6 Å². The molecule has 138 valence electrons. The molecule has 1 saturated heterocycles. The lowest BCUT2D eigenvalue weighted by Gasteiger charge is -2.34. The third-order valence-electron chi connectivity index (χ3n) is 4.55. The van der Waals surface area contributed by atoms with Crippen LogP contribution in [0.3, 0.4) is 0 Å². The number of likely N-dealkylation sites (N-methyl/N-ethyl adjacent to an activating group) is 1. The van der Waals surface area contributed by atoms with Crippen molar-refractivity contribution < 1.29 is 14.3 Å². The van der Waals surface area contributed by atoms with Crippen LogP contribution in [-0.4, -0.2) is 68.0 Å². The summed E-state index contributed by atoms with van der Waals surface area (Å²) < 4.78 is 5.14. The minimum Gasteiger partial charge on any atom is -0.495 e. The lowest BCUT2D eigenvalue weighted by Crippen LogP contribution is -2.49. The van der Waals surface area contributed by atoms with Crippen molar-refractivity contribution in [3.63, 3.8) is 0 Å². The first-order valence-corrected chi connectivity index (χ1v) is 8.95. The lowest BCUT2D eigenvalue weighted by molar-refractivity contribution is -0.132. The van der Waals surface area contributed by atoms with E-state index in [-0.39, 0.29) is 11.8 Å². The molecule has 1 fully saturated rings. The van der Waals surface area contributed by atoms with Gasteiger partial charge in [-0.2, -0.15) is 0 Å². The standard InChI is InChI=1S/C18H26ClN3O3/c1-4-20-9-11-21(12-10-20)18(24)7-8-22(14(2)23)15-5-6-17(25-3)16(19)13-15/h5-6,13H,4,7-12H2,1-3H3. The predicted octanol–water partition coefficient (Wildman–Crippen LogP) is 2.26. The second kappa shape index (κ2) is 9.06. The molecule has 0 atom stereocenters. The van der Waals surface area contributed by atoms with Crippen molar-refractivity contribution in [2.75, 3.05) is 51.3 Å². The maximum atomic E-state index is 12.4. The minimum atomic E-state index is -0.121.